The Labute approximate surface area is 174 Å². The topological polar surface area (TPSA) is 79.3 Å². The Bertz CT molecular complexity index is 1110. The number of aromatic nitrogens is 2. The van der Waals surface area contributed by atoms with E-state index >= 15 is 0 Å². The maximum Gasteiger partial charge on any atom is 0.434 e. The molecule has 0 bridgehead atoms. The Hall–Kier alpha value is -3.89. The molecule has 2 N–H and O–H groups in total. The lowest BCUT2D eigenvalue weighted by Gasteiger charge is -2.14. The molecule has 3 rings (SSSR count). The van der Waals surface area contributed by atoms with Crippen LogP contribution in [0, 0.1) is 5.82 Å². The van der Waals surface area contributed by atoms with Crippen LogP contribution >= 0.6 is 0 Å². The molecule has 0 unspecified atom stereocenters. The highest BCUT2D eigenvalue weighted by Gasteiger charge is 2.40. The van der Waals surface area contributed by atoms with Gasteiger partial charge in [0.15, 0.2) is 5.69 Å². The average Bonchev–Trinajstić information content (AvgIpc) is 3.18. The third kappa shape index (κ3) is 4.82. The van der Waals surface area contributed by atoms with Crippen molar-refractivity contribution in [2.75, 3.05) is 19.0 Å². The molecule has 0 saturated heterocycles. The first-order valence-corrected chi connectivity index (χ1v) is 8.87. The Balaban J connectivity index is 1.82. The number of benzene rings is 2. The van der Waals surface area contributed by atoms with Gasteiger partial charge in [-0.2, -0.15) is 18.3 Å². The van der Waals surface area contributed by atoms with E-state index in [2.05, 4.69) is 10.5 Å². The zero-order valence-electron chi connectivity index (χ0n) is 16.4. The number of hydrazine groups is 1. The van der Waals surface area contributed by atoms with Gasteiger partial charge in [-0.05, 0) is 42.5 Å². The summed E-state index contributed by atoms with van der Waals surface area (Å²) in [6, 6.07) is 10.6. The minimum atomic E-state index is -4.94. The number of carbonyl (C=O) groups excluding carboxylic acids is 2. The highest BCUT2D eigenvalue weighted by molar-refractivity contribution is 6.00. The molecule has 1 aromatic heterocycles. The maximum absolute atomic E-state index is 13.6. The van der Waals surface area contributed by atoms with Crippen LogP contribution in [-0.4, -0.2) is 35.7 Å². The van der Waals surface area contributed by atoms with Crippen LogP contribution in [0.3, 0.4) is 0 Å². The third-order valence-electron chi connectivity index (χ3n) is 4.27. The Morgan fingerprint density at radius 2 is 1.65 bits per heavy atom. The Morgan fingerprint density at radius 1 is 1.00 bits per heavy atom. The summed E-state index contributed by atoms with van der Waals surface area (Å²) < 4.78 is 54.5. The number of amides is 2. The molecule has 7 nitrogen and oxygen atoms in total. The molecule has 0 spiro atoms. The Kier molecular flexibility index (Phi) is 5.95. The largest absolute Gasteiger partial charge is 0.434 e. The molecule has 3 aromatic rings. The lowest BCUT2D eigenvalue weighted by Crippen LogP contribution is -2.42. The van der Waals surface area contributed by atoms with Gasteiger partial charge in [0.1, 0.15) is 5.82 Å². The summed E-state index contributed by atoms with van der Waals surface area (Å²) in [6.07, 6.45) is -4.22. The molecular weight excluding hydrogens is 418 g/mol. The molecule has 2 amide bonds. The third-order valence-corrected chi connectivity index (χ3v) is 4.27. The van der Waals surface area contributed by atoms with Crippen molar-refractivity contribution in [2.45, 2.75) is 6.18 Å². The molecule has 0 fully saturated rings. The second-order valence-electron chi connectivity index (χ2n) is 6.65. The van der Waals surface area contributed by atoms with Crippen molar-refractivity contribution in [3.05, 3.63) is 77.4 Å². The predicted molar refractivity (Wildman–Crippen MR) is 104 cm³/mol. The molecule has 11 heteroatoms. The summed E-state index contributed by atoms with van der Waals surface area (Å²) in [4.78, 5) is 26.4. The fourth-order valence-electron chi connectivity index (χ4n) is 2.74. The van der Waals surface area contributed by atoms with Crippen molar-refractivity contribution in [2.24, 2.45) is 0 Å². The van der Waals surface area contributed by atoms with E-state index in [9.17, 15) is 27.2 Å². The monoisotopic (exact) mass is 435 g/mol. The van der Waals surface area contributed by atoms with Crippen LogP contribution in [0.25, 0.3) is 5.69 Å². The highest BCUT2D eigenvalue weighted by atomic mass is 19.4. The van der Waals surface area contributed by atoms with Crippen molar-refractivity contribution in [1.82, 2.24) is 20.6 Å². The molecule has 0 aliphatic heterocycles. The molecular formula is C20H17F4N5O2. The fourth-order valence-corrected chi connectivity index (χ4v) is 2.74. The predicted octanol–water partition coefficient (Wildman–Crippen LogP) is 3.17. The lowest BCUT2D eigenvalue weighted by atomic mass is 10.2. The number of alkyl halides is 3. The number of rotatable bonds is 4. The molecule has 31 heavy (non-hydrogen) atoms. The quantitative estimate of drug-likeness (QED) is 0.488. The van der Waals surface area contributed by atoms with E-state index in [4.69, 9.17) is 0 Å². The summed E-state index contributed by atoms with van der Waals surface area (Å²) >= 11 is 0. The molecule has 0 aliphatic rings. The van der Waals surface area contributed by atoms with Crippen LogP contribution in [0.15, 0.2) is 54.7 Å². The van der Waals surface area contributed by atoms with Gasteiger partial charge >= 0.3 is 6.18 Å². The second kappa shape index (κ2) is 8.46. The van der Waals surface area contributed by atoms with Gasteiger partial charge in [-0.1, -0.05) is 6.07 Å². The number of hydrogen-bond acceptors (Lipinski definition) is 4. The van der Waals surface area contributed by atoms with Gasteiger partial charge < -0.3 is 4.90 Å². The summed E-state index contributed by atoms with van der Waals surface area (Å²) in [6.45, 7) is 0. The number of nitrogens with one attached hydrogen (secondary N) is 2. The van der Waals surface area contributed by atoms with Crippen molar-refractivity contribution >= 4 is 17.5 Å². The van der Waals surface area contributed by atoms with E-state index in [1.165, 1.54) is 6.07 Å². The second-order valence-corrected chi connectivity index (χ2v) is 6.65. The summed E-state index contributed by atoms with van der Waals surface area (Å²) in [5.41, 5.74) is 2.72. The zero-order valence-corrected chi connectivity index (χ0v) is 16.4. The van der Waals surface area contributed by atoms with E-state index in [1.54, 1.807) is 37.2 Å². The number of halogens is 4. The van der Waals surface area contributed by atoms with E-state index in [1.807, 2.05) is 5.43 Å². The normalized spacial score (nSPS) is 11.2. The zero-order chi connectivity index (χ0) is 22.8. The van der Waals surface area contributed by atoms with Crippen LogP contribution in [0.5, 0.6) is 0 Å². The first kappa shape index (κ1) is 21.8. The van der Waals surface area contributed by atoms with Gasteiger partial charge in [0.25, 0.3) is 11.8 Å². The van der Waals surface area contributed by atoms with Crippen LogP contribution in [0.2, 0.25) is 0 Å². The standard InChI is InChI=1S/C20H17F4N5O2/c1-28(2)15-5-3-4-12(10-15)18(30)26-27-19(31)16-11-25-29(17(16)20(22,23)24)14-8-6-13(21)7-9-14/h3-11H,1-2H3,(H,26,30)(H,27,31). The first-order valence-electron chi connectivity index (χ1n) is 8.87. The number of anilines is 1. The van der Waals surface area contributed by atoms with Crippen molar-refractivity contribution in [3.8, 4) is 5.69 Å². The SMILES string of the molecule is CN(C)c1cccc(C(=O)NNC(=O)c2cnn(-c3ccc(F)cc3)c2C(F)(F)F)c1. The minimum Gasteiger partial charge on any atom is -0.378 e. The first-order chi connectivity index (χ1) is 14.6. The van der Waals surface area contributed by atoms with Crippen LogP contribution in [0.4, 0.5) is 23.2 Å². The molecule has 0 aliphatic carbocycles. The molecule has 162 valence electrons. The number of nitrogens with zero attached hydrogens (tertiary/aromatic N) is 3. The van der Waals surface area contributed by atoms with Crippen molar-refractivity contribution < 1.29 is 27.2 Å². The molecule has 0 atom stereocenters. The molecule has 2 aromatic carbocycles. The highest BCUT2D eigenvalue weighted by Crippen LogP contribution is 2.33. The summed E-state index contributed by atoms with van der Waals surface area (Å²) in [5.74, 6) is -2.56. The van der Waals surface area contributed by atoms with Crippen LogP contribution in [-0.2, 0) is 6.18 Å². The van der Waals surface area contributed by atoms with Gasteiger partial charge in [0.05, 0.1) is 17.4 Å². The van der Waals surface area contributed by atoms with E-state index in [0.29, 0.717) is 4.68 Å². The van der Waals surface area contributed by atoms with Gasteiger partial charge in [0, 0.05) is 25.3 Å². The van der Waals surface area contributed by atoms with E-state index in [0.717, 1.165) is 36.1 Å². The molecule has 0 saturated carbocycles. The molecule has 1 heterocycles. The summed E-state index contributed by atoms with van der Waals surface area (Å²) in [5, 5.41) is 3.62. The maximum atomic E-state index is 13.6. The lowest BCUT2D eigenvalue weighted by molar-refractivity contribution is -0.143. The average molecular weight is 435 g/mol. The summed E-state index contributed by atoms with van der Waals surface area (Å²) in [7, 11) is 3.55. The number of carbonyl (C=O) groups is 2. The van der Waals surface area contributed by atoms with E-state index < -0.39 is 35.1 Å². The van der Waals surface area contributed by atoms with Crippen molar-refractivity contribution in [3.63, 3.8) is 0 Å². The Morgan fingerprint density at radius 3 is 2.26 bits per heavy atom. The number of hydrogen-bond donors (Lipinski definition) is 2. The van der Waals surface area contributed by atoms with Gasteiger partial charge in [-0.3, -0.25) is 20.4 Å². The fraction of sp³-hybridized carbons (Fsp3) is 0.150. The van der Waals surface area contributed by atoms with Gasteiger partial charge in [0.2, 0.25) is 0 Å². The van der Waals surface area contributed by atoms with E-state index in [-0.39, 0.29) is 11.3 Å². The minimum absolute atomic E-state index is 0.0858. The van der Waals surface area contributed by atoms with Gasteiger partial charge in [-0.25, -0.2) is 9.07 Å². The van der Waals surface area contributed by atoms with Crippen LogP contribution < -0.4 is 15.8 Å². The molecule has 0 radical (unpaired) electrons. The smallest absolute Gasteiger partial charge is 0.378 e. The van der Waals surface area contributed by atoms with Crippen molar-refractivity contribution in [1.29, 1.82) is 0 Å². The van der Waals surface area contributed by atoms with Crippen LogP contribution in [0.1, 0.15) is 26.4 Å². The van der Waals surface area contributed by atoms with Gasteiger partial charge in [-0.15, -0.1) is 0 Å².